The van der Waals surface area contributed by atoms with Crippen molar-refractivity contribution in [2.75, 3.05) is 0 Å². The normalized spacial score (nSPS) is 23.5. The first-order chi connectivity index (χ1) is 9.22. The molecule has 0 aliphatic heterocycles. The highest BCUT2D eigenvalue weighted by Crippen LogP contribution is 2.32. The molecule has 0 bridgehead atoms. The second-order valence-corrected chi connectivity index (χ2v) is 6.11. The Labute approximate surface area is 121 Å². The summed E-state index contributed by atoms with van der Waals surface area (Å²) in [6.45, 7) is 0. The van der Waals surface area contributed by atoms with Gasteiger partial charge in [-0.1, -0.05) is 28.1 Å². The van der Waals surface area contributed by atoms with Gasteiger partial charge in [0.15, 0.2) is 0 Å². The number of benzene rings is 1. The molecule has 4 heteroatoms. The maximum Gasteiger partial charge on any atom is 0.109 e. The minimum atomic E-state index is -0.114. The number of nitrogens with zero attached hydrogens (tertiary/aromatic N) is 1. The number of nitrogens with one attached hydrogen (secondary N) is 1. The molecule has 19 heavy (non-hydrogen) atoms. The lowest BCUT2D eigenvalue weighted by atomic mass is 9.87. The summed E-state index contributed by atoms with van der Waals surface area (Å²) in [7, 11) is 0. The Hall–Kier alpha value is -1.13. The molecule has 100 valence electrons. The average molecular weight is 321 g/mol. The highest BCUT2D eigenvalue weighted by molar-refractivity contribution is 9.10. The molecular weight excluding hydrogens is 304 g/mol. The molecule has 1 aromatic heterocycles. The smallest absolute Gasteiger partial charge is 0.109 e. The van der Waals surface area contributed by atoms with Crippen LogP contribution in [-0.4, -0.2) is 21.2 Å². The molecule has 0 unspecified atom stereocenters. The van der Waals surface area contributed by atoms with Crippen molar-refractivity contribution in [1.82, 2.24) is 9.97 Å². The van der Waals surface area contributed by atoms with Crippen LogP contribution in [0.25, 0.3) is 11.3 Å². The fourth-order valence-electron chi connectivity index (χ4n) is 2.67. The van der Waals surface area contributed by atoms with Gasteiger partial charge in [-0.2, -0.15) is 0 Å². The molecule has 1 saturated carbocycles. The molecule has 1 fully saturated rings. The lowest BCUT2D eigenvalue weighted by molar-refractivity contribution is 0.121. The molecule has 0 spiro atoms. The summed E-state index contributed by atoms with van der Waals surface area (Å²) in [6.07, 6.45) is 5.61. The van der Waals surface area contributed by atoms with Crippen LogP contribution in [-0.2, 0) is 0 Å². The Morgan fingerprint density at radius 2 is 1.79 bits per heavy atom. The van der Waals surface area contributed by atoms with Crippen LogP contribution in [0.1, 0.15) is 37.4 Å². The monoisotopic (exact) mass is 320 g/mol. The number of aromatic nitrogens is 2. The fraction of sp³-hybridized carbons (Fsp3) is 0.400. The summed E-state index contributed by atoms with van der Waals surface area (Å²) in [5, 5.41) is 9.55. The number of imidazole rings is 1. The standard InChI is InChI=1S/C15H17BrN2O/c16-12-5-1-10(2-6-12)14-9-17-15(18-14)11-3-7-13(19)8-4-11/h1-2,5-6,9,11,13,19H,3-4,7-8H2,(H,17,18). The molecular formula is C15H17BrN2O. The van der Waals surface area contributed by atoms with E-state index in [2.05, 4.69) is 38.0 Å². The number of hydrogen-bond donors (Lipinski definition) is 2. The largest absolute Gasteiger partial charge is 0.393 e. The van der Waals surface area contributed by atoms with E-state index in [-0.39, 0.29) is 6.10 Å². The van der Waals surface area contributed by atoms with Gasteiger partial charge in [-0.15, -0.1) is 0 Å². The maximum atomic E-state index is 9.55. The topological polar surface area (TPSA) is 48.9 Å². The zero-order chi connectivity index (χ0) is 13.2. The van der Waals surface area contributed by atoms with Crippen LogP contribution in [0.2, 0.25) is 0 Å². The van der Waals surface area contributed by atoms with Crippen molar-refractivity contribution in [2.45, 2.75) is 37.7 Å². The number of aromatic amines is 1. The number of aliphatic hydroxyl groups excluding tert-OH is 1. The zero-order valence-corrected chi connectivity index (χ0v) is 12.2. The van der Waals surface area contributed by atoms with Gasteiger partial charge in [0.1, 0.15) is 5.82 Å². The third kappa shape index (κ3) is 2.90. The third-order valence-electron chi connectivity index (χ3n) is 3.83. The van der Waals surface area contributed by atoms with E-state index in [1.807, 2.05) is 18.3 Å². The molecule has 0 amide bonds. The minimum Gasteiger partial charge on any atom is -0.393 e. The molecule has 1 aromatic carbocycles. The Bertz CT molecular complexity index is 542. The van der Waals surface area contributed by atoms with E-state index in [1.54, 1.807) is 0 Å². The van der Waals surface area contributed by atoms with Crippen LogP contribution in [0.15, 0.2) is 34.9 Å². The maximum absolute atomic E-state index is 9.55. The SMILES string of the molecule is OC1CCC(c2ncc(-c3ccc(Br)cc3)[nH]2)CC1. The van der Waals surface area contributed by atoms with Crippen molar-refractivity contribution >= 4 is 15.9 Å². The highest BCUT2D eigenvalue weighted by atomic mass is 79.9. The molecule has 1 heterocycles. The number of halogens is 1. The van der Waals surface area contributed by atoms with Crippen LogP contribution in [0.4, 0.5) is 0 Å². The lowest BCUT2D eigenvalue weighted by Gasteiger charge is -2.23. The fourth-order valence-corrected chi connectivity index (χ4v) is 2.93. The van der Waals surface area contributed by atoms with E-state index >= 15 is 0 Å². The van der Waals surface area contributed by atoms with Gasteiger partial charge in [-0.3, -0.25) is 0 Å². The predicted molar refractivity (Wildman–Crippen MR) is 78.9 cm³/mol. The summed E-state index contributed by atoms with van der Waals surface area (Å²) < 4.78 is 1.08. The van der Waals surface area contributed by atoms with Crippen molar-refractivity contribution in [3.63, 3.8) is 0 Å². The van der Waals surface area contributed by atoms with Gasteiger partial charge in [0.05, 0.1) is 18.0 Å². The molecule has 2 aromatic rings. The van der Waals surface area contributed by atoms with Crippen molar-refractivity contribution in [2.24, 2.45) is 0 Å². The first-order valence-corrected chi connectivity index (χ1v) is 7.50. The highest BCUT2D eigenvalue weighted by Gasteiger charge is 2.22. The second-order valence-electron chi connectivity index (χ2n) is 5.19. The van der Waals surface area contributed by atoms with Crippen LogP contribution < -0.4 is 0 Å². The Kier molecular flexibility index (Phi) is 3.71. The molecule has 0 atom stereocenters. The molecule has 3 rings (SSSR count). The Morgan fingerprint density at radius 3 is 2.47 bits per heavy atom. The van der Waals surface area contributed by atoms with Crippen LogP contribution in [0, 0.1) is 0 Å². The predicted octanol–water partition coefficient (Wildman–Crippen LogP) is 3.86. The van der Waals surface area contributed by atoms with Crippen LogP contribution in [0.3, 0.4) is 0 Å². The molecule has 2 N–H and O–H groups in total. The summed E-state index contributed by atoms with van der Waals surface area (Å²) in [6, 6.07) is 8.22. The van der Waals surface area contributed by atoms with Gasteiger partial charge < -0.3 is 10.1 Å². The summed E-state index contributed by atoms with van der Waals surface area (Å²) in [4.78, 5) is 7.94. The number of aliphatic hydroxyl groups is 1. The minimum absolute atomic E-state index is 0.114. The van der Waals surface area contributed by atoms with Gasteiger partial charge in [0, 0.05) is 10.4 Å². The van der Waals surface area contributed by atoms with E-state index in [0.717, 1.165) is 47.2 Å². The molecule has 1 aliphatic carbocycles. The van der Waals surface area contributed by atoms with Gasteiger partial charge in [-0.05, 0) is 43.4 Å². The first kappa shape index (κ1) is 12.9. The summed E-state index contributed by atoms with van der Waals surface area (Å²) in [5.74, 6) is 1.53. The average Bonchev–Trinajstić information content (AvgIpc) is 2.90. The van der Waals surface area contributed by atoms with Crippen LogP contribution in [0.5, 0.6) is 0 Å². The summed E-state index contributed by atoms with van der Waals surface area (Å²) in [5.41, 5.74) is 2.21. The third-order valence-corrected chi connectivity index (χ3v) is 4.36. The van der Waals surface area contributed by atoms with E-state index < -0.39 is 0 Å². The van der Waals surface area contributed by atoms with Crippen molar-refractivity contribution in [1.29, 1.82) is 0 Å². The van der Waals surface area contributed by atoms with Gasteiger partial charge in [0.25, 0.3) is 0 Å². The Balaban J connectivity index is 1.77. The second kappa shape index (κ2) is 5.47. The Morgan fingerprint density at radius 1 is 1.11 bits per heavy atom. The lowest BCUT2D eigenvalue weighted by Crippen LogP contribution is -2.17. The molecule has 3 nitrogen and oxygen atoms in total. The van der Waals surface area contributed by atoms with E-state index in [1.165, 1.54) is 0 Å². The quantitative estimate of drug-likeness (QED) is 0.882. The van der Waals surface area contributed by atoms with Gasteiger partial charge in [-0.25, -0.2) is 4.98 Å². The number of rotatable bonds is 2. The molecule has 0 saturated heterocycles. The number of hydrogen-bond acceptors (Lipinski definition) is 2. The van der Waals surface area contributed by atoms with E-state index in [4.69, 9.17) is 0 Å². The van der Waals surface area contributed by atoms with Crippen LogP contribution >= 0.6 is 15.9 Å². The van der Waals surface area contributed by atoms with E-state index in [0.29, 0.717) is 5.92 Å². The zero-order valence-electron chi connectivity index (χ0n) is 10.6. The van der Waals surface area contributed by atoms with Crippen molar-refractivity contribution in [3.05, 3.63) is 40.8 Å². The molecule has 1 aliphatic rings. The van der Waals surface area contributed by atoms with Crippen molar-refractivity contribution in [3.8, 4) is 11.3 Å². The van der Waals surface area contributed by atoms with E-state index in [9.17, 15) is 5.11 Å². The number of H-pyrrole nitrogens is 1. The summed E-state index contributed by atoms with van der Waals surface area (Å²) >= 11 is 3.44. The molecule has 0 radical (unpaired) electrons. The first-order valence-electron chi connectivity index (χ1n) is 6.71. The van der Waals surface area contributed by atoms with Gasteiger partial charge >= 0.3 is 0 Å². The van der Waals surface area contributed by atoms with Gasteiger partial charge in [0.2, 0.25) is 0 Å². The van der Waals surface area contributed by atoms with Crippen molar-refractivity contribution < 1.29 is 5.11 Å².